The van der Waals surface area contributed by atoms with E-state index in [2.05, 4.69) is 5.32 Å². The second-order valence-corrected chi connectivity index (χ2v) is 2.64. The molecule has 2 rings (SSSR count). The maximum Gasteiger partial charge on any atom is 0.293 e. The Hall–Kier alpha value is -1.75. The zero-order valence-corrected chi connectivity index (χ0v) is 6.52. The molecule has 0 spiro atoms. The van der Waals surface area contributed by atoms with Gasteiger partial charge in [0.2, 0.25) is 0 Å². The maximum atomic E-state index is 10.9. The summed E-state index contributed by atoms with van der Waals surface area (Å²) < 4.78 is 4.81. The first kappa shape index (κ1) is 7.88. The minimum atomic E-state index is -1.51. The normalized spacial score (nSPS) is 20.1. The Labute approximate surface area is 73.6 Å². The molecule has 0 fully saturated rings. The third-order valence-electron chi connectivity index (χ3n) is 1.69. The molecule has 1 atom stereocenters. The van der Waals surface area contributed by atoms with Gasteiger partial charge < -0.3 is 20.3 Å². The quantitative estimate of drug-likeness (QED) is 0.494. The lowest BCUT2D eigenvalue weighted by atomic mass is 10.2. The molecule has 1 aliphatic rings. The molecule has 0 aliphatic carbocycles. The van der Waals surface area contributed by atoms with Crippen molar-refractivity contribution < 1.29 is 19.7 Å². The van der Waals surface area contributed by atoms with Crippen molar-refractivity contribution in [2.45, 2.75) is 6.29 Å². The van der Waals surface area contributed by atoms with Crippen molar-refractivity contribution in [3.8, 4) is 11.5 Å². The van der Waals surface area contributed by atoms with E-state index in [1.165, 1.54) is 18.2 Å². The number of ether oxygens (including phenoxy) is 1. The Bertz CT molecular complexity index is 363. The fourth-order valence-corrected chi connectivity index (χ4v) is 1.08. The second kappa shape index (κ2) is 2.63. The van der Waals surface area contributed by atoms with Crippen LogP contribution in [0.5, 0.6) is 11.5 Å². The number of aromatic hydroxyl groups is 1. The van der Waals surface area contributed by atoms with Crippen LogP contribution in [0.15, 0.2) is 18.2 Å². The van der Waals surface area contributed by atoms with Crippen LogP contribution in [0.4, 0.5) is 5.69 Å². The highest BCUT2D eigenvalue weighted by molar-refractivity contribution is 5.96. The Balaban J connectivity index is 2.42. The van der Waals surface area contributed by atoms with Gasteiger partial charge in [0.25, 0.3) is 12.2 Å². The summed E-state index contributed by atoms with van der Waals surface area (Å²) in [7, 11) is 0. The highest BCUT2D eigenvalue weighted by Gasteiger charge is 2.25. The number of nitrogens with one attached hydrogen (secondary N) is 1. The van der Waals surface area contributed by atoms with E-state index in [4.69, 9.17) is 14.9 Å². The standard InChI is InChI=1S/C8H7NO4/c10-4-1-2-5-6(3-4)13-8(12)7(11)9-5/h1-3,8,10,12H,(H,9,11). The summed E-state index contributed by atoms with van der Waals surface area (Å²) in [6.07, 6.45) is -1.51. The van der Waals surface area contributed by atoms with Gasteiger partial charge in [-0.3, -0.25) is 4.79 Å². The molecular formula is C8H7NO4. The number of anilines is 1. The zero-order valence-electron chi connectivity index (χ0n) is 6.52. The fourth-order valence-electron chi connectivity index (χ4n) is 1.08. The first-order valence-corrected chi connectivity index (χ1v) is 3.65. The minimum Gasteiger partial charge on any atom is -0.508 e. The predicted molar refractivity (Wildman–Crippen MR) is 43.4 cm³/mol. The fraction of sp³-hybridized carbons (Fsp3) is 0.125. The largest absolute Gasteiger partial charge is 0.508 e. The third kappa shape index (κ3) is 1.29. The summed E-state index contributed by atoms with van der Waals surface area (Å²) in [5.41, 5.74) is 0.438. The number of aliphatic hydroxyl groups excluding tert-OH is 1. The number of hydrogen-bond donors (Lipinski definition) is 3. The van der Waals surface area contributed by atoms with E-state index in [0.29, 0.717) is 5.69 Å². The lowest BCUT2D eigenvalue weighted by molar-refractivity contribution is -0.139. The van der Waals surface area contributed by atoms with Crippen LogP contribution in [0.2, 0.25) is 0 Å². The molecule has 0 radical (unpaired) electrons. The molecule has 1 aliphatic heterocycles. The maximum absolute atomic E-state index is 10.9. The Morgan fingerprint density at radius 2 is 2.23 bits per heavy atom. The van der Waals surface area contributed by atoms with Crippen molar-refractivity contribution in [2.75, 3.05) is 5.32 Å². The lowest BCUT2D eigenvalue weighted by Crippen LogP contribution is -2.36. The van der Waals surface area contributed by atoms with Crippen molar-refractivity contribution >= 4 is 11.6 Å². The van der Waals surface area contributed by atoms with Crippen molar-refractivity contribution in [3.63, 3.8) is 0 Å². The Morgan fingerprint density at radius 3 is 3.00 bits per heavy atom. The van der Waals surface area contributed by atoms with Crippen LogP contribution < -0.4 is 10.1 Å². The third-order valence-corrected chi connectivity index (χ3v) is 1.69. The van der Waals surface area contributed by atoms with Gasteiger partial charge >= 0.3 is 0 Å². The van der Waals surface area contributed by atoms with Crippen LogP contribution in [-0.2, 0) is 4.79 Å². The topological polar surface area (TPSA) is 78.8 Å². The van der Waals surface area contributed by atoms with Gasteiger partial charge in [-0.25, -0.2) is 0 Å². The number of rotatable bonds is 0. The average Bonchev–Trinajstić information content (AvgIpc) is 2.08. The number of aliphatic hydroxyl groups is 1. The van der Waals surface area contributed by atoms with Crippen molar-refractivity contribution in [1.29, 1.82) is 0 Å². The van der Waals surface area contributed by atoms with Crippen molar-refractivity contribution in [2.24, 2.45) is 0 Å². The number of carbonyl (C=O) groups is 1. The molecule has 0 saturated heterocycles. The highest BCUT2D eigenvalue weighted by Crippen LogP contribution is 2.31. The van der Waals surface area contributed by atoms with Crippen LogP contribution in [0, 0.1) is 0 Å². The molecule has 1 heterocycles. The van der Waals surface area contributed by atoms with Crippen LogP contribution in [-0.4, -0.2) is 22.4 Å². The summed E-state index contributed by atoms with van der Waals surface area (Å²) in [5.74, 6) is -0.340. The molecule has 1 unspecified atom stereocenters. The number of hydrogen-bond acceptors (Lipinski definition) is 4. The van der Waals surface area contributed by atoms with Gasteiger partial charge in [0.1, 0.15) is 5.75 Å². The van der Waals surface area contributed by atoms with Gasteiger partial charge in [0, 0.05) is 6.07 Å². The monoisotopic (exact) mass is 181 g/mol. The van der Waals surface area contributed by atoms with Crippen molar-refractivity contribution in [1.82, 2.24) is 0 Å². The molecule has 13 heavy (non-hydrogen) atoms. The molecule has 1 aromatic rings. The van der Waals surface area contributed by atoms with E-state index < -0.39 is 12.2 Å². The second-order valence-electron chi connectivity index (χ2n) is 2.64. The first-order chi connectivity index (χ1) is 6.16. The number of benzene rings is 1. The van der Waals surface area contributed by atoms with E-state index in [1.807, 2.05) is 0 Å². The molecular weight excluding hydrogens is 174 g/mol. The van der Waals surface area contributed by atoms with Crippen molar-refractivity contribution in [3.05, 3.63) is 18.2 Å². The van der Waals surface area contributed by atoms with Gasteiger partial charge in [0.05, 0.1) is 5.69 Å². The minimum absolute atomic E-state index is 0.0158. The van der Waals surface area contributed by atoms with Crippen LogP contribution >= 0.6 is 0 Å². The van der Waals surface area contributed by atoms with Gasteiger partial charge in [-0.15, -0.1) is 0 Å². The smallest absolute Gasteiger partial charge is 0.293 e. The number of phenols is 1. The molecule has 5 heteroatoms. The van der Waals surface area contributed by atoms with Crippen LogP contribution in [0.3, 0.4) is 0 Å². The molecule has 0 saturated carbocycles. The molecule has 1 aromatic carbocycles. The lowest BCUT2D eigenvalue weighted by Gasteiger charge is -2.21. The summed E-state index contributed by atoms with van der Waals surface area (Å²) in [6, 6.07) is 4.23. The molecule has 0 aromatic heterocycles. The van der Waals surface area contributed by atoms with Gasteiger partial charge in [0.15, 0.2) is 5.75 Å². The van der Waals surface area contributed by atoms with E-state index in [-0.39, 0.29) is 11.5 Å². The Kier molecular flexibility index (Phi) is 1.60. The first-order valence-electron chi connectivity index (χ1n) is 3.65. The van der Waals surface area contributed by atoms with E-state index in [1.54, 1.807) is 0 Å². The predicted octanol–water partition coefficient (Wildman–Crippen LogP) is 0.0415. The van der Waals surface area contributed by atoms with Crippen LogP contribution in [0.25, 0.3) is 0 Å². The summed E-state index contributed by atoms with van der Waals surface area (Å²) in [4.78, 5) is 10.9. The SMILES string of the molecule is O=C1Nc2ccc(O)cc2OC1O. The molecule has 3 N–H and O–H groups in total. The van der Waals surface area contributed by atoms with Gasteiger partial charge in [-0.05, 0) is 12.1 Å². The average molecular weight is 181 g/mol. The van der Waals surface area contributed by atoms with Gasteiger partial charge in [-0.2, -0.15) is 0 Å². The summed E-state index contributed by atoms with van der Waals surface area (Å²) in [5, 5.41) is 20.5. The molecule has 5 nitrogen and oxygen atoms in total. The Morgan fingerprint density at radius 1 is 1.46 bits per heavy atom. The van der Waals surface area contributed by atoms with Gasteiger partial charge in [-0.1, -0.05) is 0 Å². The molecule has 0 bridgehead atoms. The van der Waals surface area contributed by atoms with E-state index in [0.717, 1.165) is 0 Å². The van der Waals surface area contributed by atoms with Crippen LogP contribution in [0.1, 0.15) is 0 Å². The molecule has 1 amide bonds. The summed E-state index contributed by atoms with van der Waals surface area (Å²) >= 11 is 0. The number of amides is 1. The number of phenolic OH excluding ortho intramolecular Hbond substituents is 1. The highest BCUT2D eigenvalue weighted by atomic mass is 16.6. The molecule has 68 valence electrons. The van der Waals surface area contributed by atoms with E-state index in [9.17, 15) is 4.79 Å². The number of fused-ring (bicyclic) bond motifs is 1. The zero-order chi connectivity index (χ0) is 9.42. The summed E-state index contributed by atoms with van der Waals surface area (Å²) in [6.45, 7) is 0. The van der Waals surface area contributed by atoms with E-state index >= 15 is 0 Å². The number of carbonyl (C=O) groups excluding carboxylic acids is 1.